The van der Waals surface area contributed by atoms with E-state index in [9.17, 15) is 9.59 Å². The second-order valence-corrected chi connectivity index (χ2v) is 6.91. The van der Waals surface area contributed by atoms with Crippen molar-refractivity contribution in [3.63, 3.8) is 0 Å². The van der Waals surface area contributed by atoms with Gasteiger partial charge in [0, 0.05) is 30.3 Å². The van der Waals surface area contributed by atoms with Crippen molar-refractivity contribution in [2.24, 2.45) is 5.10 Å². The summed E-state index contributed by atoms with van der Waals surface area (Å²) in [6, 6.07) is 8.12. The van der Waals surface area contributed by atoms with Gasteiger partial charge in [-0.25, -0.2) is 9.99 Å². The number of aryl methyl sites for hydroxylation is 2. The van der Waals surface area contributed by atoms with E-state index in [-0.39, 0.29) is 11.8 Å². The van der Waals surface area contributed by atoms with Gasteiger partial charge in [-0.05, 0) is 13.8 Å². The molecule has 1 aliphatic rings. The van der Waals surface area contributed by atoms with Gasteiger partial charge >= 0.3 is 0 Å². The molecule has 1 aromatic heterocycles. The van der Waals surface area contributed by atoms with Crippen LogP contribution in [0.5, 0.6) is 0 Å². The zero-order valence-corrected chi connectivity index (χ0v) is 14.6. The van der Waals surface area contributed by atoms with E-state index in [4.69, 9.17) is 0 Å². The Labute approximate surface area is 144 Å². The molecule has 1 aliphatic heterocycles. The lowest BCUT2D eigenvalue weighted by Gasteiger charge is -2.18. The monoisotopic (exact) mass is 342 g/mol. The third-order valence-electron chi connectivity index (χ3n) is 3.81. The summed E-state index contributed by atoms with van der Waals surface area (Å²) in [5.41, 5.74) is 3.43. The normalized spacial score (nSPS) is 14.5. The number of rotatable bonds is 3. The van der Waals surface area contributed by atoms with Gasteiger partial charge in [0.1, 0.15) is 5.71 Å². The molecule has 1 aromatic carbocycles. The summed E-state index contributed by atoms with van der Waals surface area (Å²) < 4.78 is 0. The van der Waals surface area contributed by atoms with Gasteiger partial charge in [-0.3, -0.25) is 14.9 Å². The van der Waals surface area contributed by atoms with Gasteiger partial charge in [-0.1, -0.05) is 29.8 Å². The molecular weight excluding hydrogens is 324 g/mol. The fourth-order valence-corrected chi connectivity index (χ4v) is 3.26. The van der Waals surface area contributed by atoms with Gasteiger partial charge in [0.2, 0.25) is 5.91 Å². The topological polar surface area (TPSA) is 74.7 Å². The Kier molecular flexibility index (Phi) is 4.44. The highest BCUT2D eigenvalue weighted by Gasteiger charge is 2.23. The summed E-state index contributed by atoms with van der Waals surface area (Å²) in [5, 5.41) is 8.56. The first-order valence-electron chi connectivity index (χ1n) is 7.64. The van der Waals surface area contributed by atoms with E-state index in [0.717, 1.165) is 16.1 Å². The molecule has 0 aliphatic carbocycles. The van der Waals surface area contributed by atoms with Crippen LogP contribution >= 0.6 is 11.3 Å². The fourth-order valence-electron chi connectivity index (χ4n) is 2.43. The summed E-state index contributed by atoms with van der Waals surface area (Å²) in [6.07, 6.45) is 0.651. The molecule has 24 heavy (non-hydrogen) atoms. The zero-order chi connectivity index (χ0) is 17.3. The third kappa shape index (κ3) is 3.35. The third-order valence-corrected chi connectivity index (χ3v) is 4.70. The van der Waals surface area contributed by atoms with Crippen molar-refractivity contribution in [3.05, 3.63) is 34.7 Å². The molecule has 0 radical (unpaired) electrons. The Hall–Kier alpha value is -2.54. The number of carbonyl (C=O) groups excluding carboxylic acids is 2. The molecular formula is C17H18N4O2S. The maximum Gasteiger partial charge on any atom is 0.273 e. The highest BCUT2D eigenvalue weighted by molar-refractivity contribution is 7.16. The van der Waals surface area contributed by atoms with E-state index in [2.05, 4.69) is 15.4 Å². The van der Waals surface area contributed by atoms with Crippen molar-refractivity contribution < 1.29 is 9.59 Å². The number of aromatic nitrogens is 1. The van der Waals surface area contributed by atoms with Crippen LogP contribution in [0.25, 0.3) is 11.3 Å². The number of carbonyl (C=O) groups is 2. The van der Waals surface area contributed by atoms with Crippen molar-refractivity contribution in [3.8, 4) is 11.3 Å². The predicted molar refractivity (Wildman–Crippen MR) is 95.1 cm³/mol. The fraction of sp³-hybridized carbons (Fsp3) is 0.294. The number of hydrogen-bond donors (Lipinski definition) is 1. The molecule has 0 unspecified atom stereocenters. The molecule has 2 aromatic rings. The minimum Gasteiger partial charge on any atom is -0.297 e. The maximum atomic E-state index is 12.3. The van der Waals surface area contributed by atoms with Gasteiger partial charge in [0.05, 0.1) is 5.69 Å². The van der Waals surface area contributed by atoms with Crippen LogP contribution in [0.2, 0.25) is 0 Å². The van der Waals surface area contributed by atoms with Crippen LogP contribution in [0, 0.1) is 13.8 Å². The molecule has 0 saturated heterocycles. The van der Waals surface area contributed by atoms with E-state index in [1.807, 2.05) is 38.1 Å². The molecule has 2 heterocycles. The smallest absolute Gasteiger partial charge is 0.273 e. The summed E-state index contributed by atoms with van der Waals surface area (Å²) >= 11 is 1.43. The van der Waals surface area contributed by atoms with Crippen LogP contribution in [0.15, 0.2) is 29.4 Å². The first kappa shape index (κ1) is 16.3. The summed E-state index contributed by atoms with van der Waals surface area (Å²) in [7, 11) is 1.55. The van der Waals surface area contributed by atoms with E-state index in [0.29, 0.717) is 23.7 Å². The van der Waals surface area contributed by atoms with E-state index < -0.39 is 0 Å². The first-order chi connectivity index (χ1) is 11.4. The number of thiazole rings is 1. The van der Waals surface area contributed by atoms with Gasteiger partial charge in [0.25, 0.3) is 5.91 Å². The number of hydrazone groups is 1. The second kappa shape index (κ2) is 6.52. The average molecular weight is 342 g/mol. The Morgan fingerprint density at radius 2 is 1.92 bits per heavy atom. The molecule has 124 valence electrons. The van der Waals surface area contributed by atoms with Crippen LogP contribution in [0.3, 0.4) is 0 Å². The molecule has 0 fully saturated rings. The Bertz CT molecular complexity index is 824. The lowest BCUT2D eigenvalue weighted by atomic mass is 10.1. The minimum atomic E-state index is -0.307. The first-order valence-corrected chi connectivity index (χ1v) is 8.45. The molecule has 1 N–H and O–H groups in total. The molecule has 3 rings (SSSR count). The van der Waals surface area contributed by atoms with Crippen molar-refractivity contribution in [2.75, 3.05) is 12.4 Å². The van der Waals surface area contributed by atoms with Crippen molar-refractivity contribution in [1.29, 1.82) is 0 Å². The SMILES string of the molecule is Cc1ccc(-c2nc(NC(=O)C3=NN(C)C(=O)CC3)sc2C)cc1. The number of hydrogen-bond acceptors (Lipinski definition) is 5. The quantitative estimate of drug-likeness (QED) is 0.932. The minimum absolute atomic E-state index is 0.0849. The number of nitrogens with zero attached hydrogens (tertiary/aromatic N) is 3. The maximum absolute atomic E-state index is 12.3. The standard InChI is InChI=1S/C17H18N4O2S/c1-10-4-6-12(7-5-10)15-11(2)24-17(18-15)19-16(23)13-8-9-14(22)21(3)20-13/h4-7H,8-9H2,1-3H3,(H,18,19,23). The number of benzene rings is 1. The van der Waals surface area contributed by atoms with Crippen LogP contribution in [0.1, 0.15) is 23.3 Å². The summed E-state index contributed by atoms with van der Waals surface area (Å²) in [4.78, 5) is 29.3. The number of anilines is 1. The Morgan fingerprint density at radius 3 is 2.58 bits per heavy atom. The lowest BCUT2D eigenvalue weighted by Crippen LogP contribution is -2.34. The zero-order valence-electron chi connectivity index (χ0n) is 13.8. The highest BCUT2D eigenvalue weighted by Crippen LogP contribution is 2.30. The molecule has 7 heteroatoms. The van der Waals surface area contributed by atoms with Gasteiger partial charge in [0.15, 0.2) is 5.13 Å². The van der Waals surface area contributed by atoms with Crippen molar-refractivity contribution in [1.82, 2.24) is 9.99 Å². The highest BCUT2D eigenvalue weighted by atomic mass is 32.1. The van der Waals surface area contributed by atoms with Crippen molar-refractivity contribution >= 4 is 34.0 Å². The molecule has 2 amide bonds. The van der Waals surface area contributed by atoms with Crippen LogP contribution < -0.4 is 5.32 Å². The second-order valence-electron chi connectivity index (χ2n) is 5.71. The van der Waals surface area contributed by atoms with E-state index in [1.54, 1.807) is 7.05 Å². The molecule has 0 bridgehead atoms. The average Bonchev–Trinajstić information content (AvgIpc) is 2.91. The van der Waals surface area contributed by atoms with Gasteiger partial charge in [-0.2, -0.15) is 5.10 Å². The Balaban J connectivity index is 1.78. The summed E-state index contributed by atoms with van der Waals surface area (Å²) in [6.45, 7) is 4.02. The van der Waals surface area contributed by atoms with Crippen molar-refractivity contribution in [2.45, 2.75) is 26.7 Å². The van der Waals surface area contributed by atoms with Crippen LogP contribution in [-0.4, -0.2) is 34.6 Å². The Morgan fingerprint density at radius 1 is 1.21 bits per heavy atom. The predicted octanol–water partition coefficient (Wildman–Crippen LogP) is 2.97. The van der Waals surface area contributed by atoms with Gasteiger partial charge < -0.3 is 0 Å². The van der Waals surface area contributed by atoms with Crippen LogP contribution in [-0.2, 0) is 9.59 Å². The summed E-state index contributed by atoms with van der Waals surface area (Å²) in [5.74, 6) is -0.392. The lowest BCUT2D eigenvalue weighted by molar-refractivity contribution is -0.130. The molecule has 0 atom stereocenters. The molecule has 6 nitrogen and oxygen atoms in total. The molecule has 0 saturated carbocycles. The number of nitrogens with one attached hydrogen (secondary N) is 1. The van der Waals surface area contributed by atoms with E-state index in [1.165, 1.54) is 21.9 Å². The largest absolute Gasteiger partial charge is 0.297 e. The van der Waals surface area contributed by atoms with E-state index >= 15 is 0 Å². The van der Waals surface area contributed by atoms with Gasteiger partial charge in [-0.15, -0.1) is 11.3 Å². The number of amides is 2. The molecule has 0 spiro atoms. The van der Waals surface area contributed by atoms with Crippen LogP contribution in [0.4, 0.5) is 5.13 Å².